The van der Waals surface area contributed by atoms with Crippen LogP contribution < -0.4 is 0 Å². The number of pyridine rings is 1. The van der Waals surface area contributed by atoms with E-state index in [4.69, 9.17) is 19.9 Å². The fraction of sp³-hybridized carbons (Fsp3) is 0. The summed E-state index contributed by atoms with van der Waals surface area (Å²) in [4.78, 5) is 20.1. The summed E-state index contributed by atoms with van der Waals surface area (Å²) in [5, 5.41) is 3.46. The Labute approximate surface area is 290 Å². The van der Waals surface area contributed by atoms with E-state index in [-0.39, 0.29) is 0 Å². The second kappa shape index (κ2) is 12.7. The summed E-state index contributed by atoms with van der Waals surface area (Å²) in [6.07, 6.45) is 0. The summed E-state index contributed by atoms with van der Waals surface area (Å²) in [5.41, 5.74) is 10.4. The lowest BCUT2D eigenvalue weighted by molar-refractivity contribution is 1.07. The van der Waals surface area contributed by atoms with Crippen molar-refractivity contribution in [3.05, 3.63) is 182 Å². The van der Waals surface area contributed by atoms with E-state index in [2.05, 4.69) is 115 Å². The molecule has 50 heavy (non-hydrogen) atoms. The molecule has 2 heterocycles. The van der Waals surface area contributed by atoms with E-state index >= 15 is 0 Å². The molecular formula is C46H30N4. The molecule has 0 radical (unpaired) electrons. The van der Waals surface area contributed by atoms with Crippen LogP contribution in [0.2, 0.25) is 0 Å². The van der Waals surface area contributed by atoms with Crippen molar-refractivity contribution >= 4 is 21.7 Å². The zero-order chi connectivity index (χ0) is 33.3. The summed E-state index contributed by atoms with van der Waals surface area (Å²) in [6, 6.07) is 62.8. The first-order valence-electron chi connectivity index (χ1n) is 16.7. The van der Waals surface area contributed by atoms with Gasteiger partial charge in [0, 0.05) is 44.0 Å². The van der Waals surface area contributed by atoms with Gasteiger partial charge in [-0.05, 0) is 16.7 Å². The van der Waals surface area contributed by atoms with Crippen LogP contribution in [-0.2, 0) is 0 Å². The molecule has 0 amide bonds. The summed E-state index contributed by atoms with van der Waals surface area (Å²) >= 11 is 0. The SMILES string of the molecule is c1ccc(-c2nc(-c3ccccc3)nc(-c3ccc(-c4cccc5c4nc(-c4ccccc4)c4cccc(-c6ccccc6)c45)cc3)n2)cc1. The Morgan fingerprint density at radius 2 is 0.660 bits per heavy atom. The van der Waals surface area contributed by atoms with Crippen molar-refractivity contribution in [2.75, 3.05) is 0 Å². The molecule has 0 unspecified atom stereocenters. The third kappa shape index (κ3) is 5.39. The van der Waals surface area contributed by atoms with Gasteiger partial charge in [0.15, 0.2) is 17.5 Å². The Hall–Kier alpha value is -6.78. The second-order valence-electron chi connectivity index (χ2n) is 12.2. The Bertz CT molecular complexity index is 2550. The number of benzene rings is 7. The fourth-order valence-electron chi connectivity index (χ4n) is 6.72. The predicted octanol–water partition coefficient (Wildman–Crippen LogP) is 11.6. The number of hydrogen-bond donors (Lipinski definition) is 0. The monoisotopic (exact) mass is 638 g/mol. The number of fused-ring (bicyclic) bond motifs is 3. The zero-order valence-electron chi connectivity index (χ0n) is 27.1. The molecule has 9 aromatic rings. The molecule has 9 rings (SSSR count). The molecule has 0 aliphatic rings. The van der Waals surface area contributed by atoms with Crippen LogP contribution in [0, 0.1) is 0 Å². The molecule has 4 nitrogen and oxygen atoms in total. The van der Waals surface area contributed by atoms with Crippen molar-refractivity contribution in [1.29, 1.82) is 0 Å². The van der Waals surface area contributed by atoms with Crippen LogP contribution in [0.1, 0.15) is 0 Å². The highest BCUT2D eigenvalue weighted by Gasteiger charge is 2.18. The van der Waals surface area contributed by atoms with Gasteiger partial charge in [0.2, 0.25) is 0 Å². The van der Waals surface area contributed by atoms with Crippen LogP contribution in [0.3, 0.4) is 0 Å². The van der Waals surface area contributed by atoms with E-state index in [1.807, 2.05) is 66.7 Å². The van der Waals surface area contributed by atoms with E-state index in [9.17, 15) is 0 Å². The molecule has 0 aliphatic carbocycles. The second-order valence-corrected chi connectivity index (χ2v) is 12.2. The standard InChI is InChI=1S/C46H30N4/c1-5-15-31(16-6-1)37-23-13-25-39-41(37)40-26-14-24-38(43(40)47-42(39)33-17-7-2-8-18-33)32-27-29-36(30-28-32)46-49-44(34-19-9-3-10-20-34)48-45(50-46)35-21-11-4-12-22-35/h1-30H. The van der Waals surface area contributed by atoms with Gasteiger partial charge in [0.05, 0.1) is 11.2 Å². The molecule has 2 aromatic heterocycles. The largest absolute Gasteiger partial charge is 0.246 e. The minimum absolute atomic E-state index is 0.630. The van der Waals surface area contributed by atoms with E-state index in [1.165, 1.54) is 16.5 Å². The van der Waals surface area contributed by atoms with Crippen molar-refractivity contribution in [2.45, 2.75) is 0 Å². The average molecular weight is 639 g/mol. The van der Waals surface area contributed by atoms with Gasteiger partial charge in [-0.3, -0.25) is 0 Å². The van der Waals surface area contributed by atoms with E-state index in [0.29, 0.717) is 17.5 Å². The van der Waals surface area contributed by atoms with Crippen LogP contribution in [0.15, 0.2) is 182 Å². The van der Waals surface area contributed by atoms with Crippen molar-refractivity contribution in [1.82, 2.24) is 19.9 Å². The maximum Gasteiger partial charge on any atom is 0.164 e. The Kier molecular flexibility index (Phi) is 7.45. The molecule has 0 N–H and O–H groups in total. The molecule has 0 spiro atoms. The van der Waals surface area contributed by atoms with Crippen LogP contribution in [-0.4, -0.2) is 19.9 Å². The van der Waals surface area contributed by atoms with Crippen LogP contribution >= 0.6 is 0 Å². The smallest absolute Gasteiger partial charge is 0.164 e. The minimum atomic E-state index is 0.630. The van der Waals surface area contributed by atoms with Crippen molar-refractivity contribution in [2.24, 2.45) is 0 Å². The van der Waals surface area contributed by atoms with Crippen LogP contribution in [0.25, 0.3) is 89.4 Å². The minimum Gasteiger partial charge on any atom is -0.246 e. The molecule has 4 heteroatoms. The van der Waals surface area contributed by atoms with Gasteiger partial charge in [-0.1, -0.05) is 182 Å². The van der Waals surface area contributed by atoms with E-state index < -0.39 is 0 Å². The molecule has 0 aliphatic heterocycles. The molecule has 7 aromatic carbocycles. The zero-order valence-corrected chi connectivity index (χ0v) is 27.1. The Morgan fingerprint density at radius 1 is 0.260 bits per heavy atom. The van der Waals surface area contributed by atoms with Crippen LogP contribution in [0.5, 0.6) is 0 Å². The lowest BCUT2D eigenvalue weighted by atomic mass is 9.91. The maximum atomic E-state index is 5.42. The highest BCUT2D eigenvalue weighted by molar-refractivity contribution is 6.19. The summed E-state index contributed by atoms with van der Waals surface area (Å²) in [5.74, 6) is 1.92. The maximum absolute atomic E-state index is 5.42. The lowest BCUT2D eigenvalue weighted by Crippen LogP contribution is -2.00. The molecular weight excluding hydrogens is 609 g/mol. The number of nitrogens with zero attached hydrogens (tertiary/aromatic N) is 4. The summed E-state index contributed by atoms with van der Waals surface area (Å²) in [7, 11) is 0. The highest BCUT2D eigenvalue weighted by atomic mass is 15.0. The normalized spacial score (nSPS) is 11.2. The number of para-hydroxylation sites is 1. The van der Waals surface area contributed by atoms with E-state index in [0.717, 1.165) is 55.4 Å². The van der Waals surface area contributed by atoms with Crippen molar-refractivity contribution < 1.29 is 0 Å². The van der Waals surface area contributed by atoms with Crippen molar-refractivity contribution in [3.8, 4) is 67.7 Å². The summed E-state index contributed by atoms with van der Waals surface area (Å²) in [6.45, 7) is 0. The molecule has 0 saturated carbocycles. The van der Waals surface area contributed by atoms with Gasteiger partial charge in [-0.25, -0.2) is 19.9 Å². The van der Waals surface area contributed by atoms with Gasteiger partial charge >= 0.3 is 0 Å². The van der Waals surface area contributed by atoms with E-state index in [1.54, 1.807) is 0 Å². The van der Waals surface area contributed by atoms with Crippen molar-refractivity contribution in [3.63, 3.8) is 0 Å². The van der Waals surface area contributed by atoms with Gasteiger partial charge in [-0.15, -0.1) is 0 Å². The number of rotatable bonds is 6. The Balaban J connectivity index is 1.21. The van der Waals surface area contributed by atoms with Gasteiger partial charge in [-0.2, -0.15) is 0 Å². The molecule has 0 atom stereocenters. The molecule has 234 valence electrons. The number of aromatic nitrogens is 4. The first-order chi connectivity index (χ1) is 24.8. The topological polar surface area (TPSA) is 51.6 Å². The first kappa shape index (κ1) is 29.4. The lowest BCUT2D eigenvalue weighted by Gasteiger charge is -2.16. The molecule has 0 fully saturated rings. The van der Waals surface area contributed by atoms with Gasteiger partial charge in [0.1, 0.15) is 0 Å². The number of hydrogen-bond acceptors (Lipinski definition) is 4. The predicted molar refractivity (Wildman–Crippen MR) is 205 cm³/mol. The highest BCUT2D eigenvalue weighted by Crippen LogP contribution is 2.41. The van der Waals surface area contributed by atoms with Gasteiger partial charge in [0.25, 0.3) is 0 Å². The molecule has 0 saturated heterocycles. The third-order valence-electron chi connectivity index (χ3n) is 9.13. The molecule has 0 bridgehead atoms. The quantitative estimate of drug-likeness (QED) is 0.170. The van der Waals surface area contributed by atoms with Gasteiger partial charge < -0.3 is 0 Å². The fourth-order valence-corrected chi connectivity index (χ4v) is 6.72. The van der Waals surface area contributed by atoms with Crippen LogP contribution in [0.4, 0.5) is 0 Å². The average Bonchev–Trinajstić information content (AvgIpc) is 3.21. The Morgan fingerprint density at radius 3 is 1.20 bits per heavy atom. The summed E-state index contributed by atoms with van der Waals surface area (Å²) < 4.78 is 0. The first-order valence-corrected chi connectivity index (χ1v) is 16.7. The third-order valence-corrected chi connectivity index (χ3v) is 9.13.